The Bertz CT molecular complexity index is 504. The van der Waals surface area contributed by atoms with E-state index in [9.17, 15) is 0 Å². The third-order valence-electron chi connectivity index (χ3n) is 2.77. The highest BCUT2D eigenvalue weighted by molar-refractivity contribution is 7.13. The Morgan fingerprint density at radius 1 is 1.29 bits per heavy atom. The van der Waals surface area contributed by atoms with Crippen molar-refractivity contribution in [2.24, 2.45) is 0 Å². The van der Waals surface area contributed by atoms with Crippen LogP contribution >= 0.6 is 11.3 Å². The molecule has 0 bridgehead atoms. The number of hydrogen-bond acceptors (Lipinski definition) is 7. The van der Waals surface area contributed by atoms with Crippen molar-refractivity contribution >= 4 is 16.5 Å². The average molecular weight is 252 g/mol. The van der Waals surface area contributed by atoms with Crippen LogP contribution in [0.15, 0.2) is 9.90 Å². The number of thiazole rings is 1. The number of anilines is 1. The maximum absolute atomic E-state index is 5.57. The van der Waals surface area contributed by atoms with Crippen LogP contribution in [0, 0.1) is 0 Å². The molecular formula is C10H12N4O2S. The highest BCUT2D eigenvalue weighted by Gasteiger charge is 2.22. The molecule has 0 radical (unpaired) electrons. The van der Waals surface area contributed by atoms with Gasteiger partial charge in [0.05, 0.1) is 0 Å². The summed E-state index contributed by atoms with van der Waals surface area (Å²) >= 11 is 1.36. The van der Waals surface area contributed by atoms with Crippen LogP contribution in [0.1, 0.15) is 24.6 Å². The molecule has 1 aliphatic heterocycles. The van der Waals surface area contributed by atoms with Gasteiger partial charge in [-0.05, 0) is 12.8 Å². The number of ether oxygens (including phenoxy) is 1. The van der Waals surface area contributed by atoms with E-state index in [-0.39, 0.29) is 0 Å². The molecule has 0 saturated carbocycles. The monoisotopic (exact) mass is 252 g/mol. The quantitative estimate of drug-likeness (QED) is 0.874. The molecule has 2 N–H and O–H groups in total. The number of hydrogen-bond donors (Lipinski definition) is 1. The van der Waals surface area contributed by atoms with Gasteiger partial charge in [-0.3, -0.25) is 0 Å². The summed E-state index contributed by atoms with van der Waals surface area (Å²) in [6.07, 6.45) is 1.89. The molecule has 2 aromatic heterocycles. The van der Waals surface area contributed by atoms with Crippen molar-refractivity contribution in [2.45, 2.75) is 18.8 Å². The van der Waals surface area contributed by atoms with Gasteiger partial charge in [-0.1, -0.05) is 5.16 Å². The second-order valence-corrected chi connectivity index (χ2v) is 4.81. The number of aromatic nitrogens is 3. The zero-order valence-electron chi connectivity index (χ0n) is 9.13. The maximum Gasteiger partial charge on any atom is 0.277 e. The predicted octanol–water partition coefficient (Wildman–Crippen LogP) is 1.67. The first-order chi connectivity index (χ1) is 8.33. The van der Waals surface area contributed by atoms with Crippen LogP contribution in [0.5, 0.6) is 0 Å². The summed E-state index contributed by atoms with van der Waals surface area (Å²) in [5.74, 6) is 1.52. The molecule has 1 saturated heterocycles. The largest absolute Gasteiger partial charge is 0.381 e. The Balaban J connectivity index is 1.82. The Kier molecular flexibility index (Phi) is 2.77. The summed E-state index contributed by atoms with van der Waals surface area (Å²) < 4.78 is 10.5. The minimum absolute atomic E-state index is 0.331. The van der Waals surface area contributed by atoms with E-state index in [0.717, 1.165) is 31.9 Å². The minimum atomic E-state index is 0.331. The zero-order valence-corrected chi connectivity index (χ0v) is 9.94. The lowest BCUT2D eigenvalue weighted by Crippen LogP contribution is -2.15. The molecule has 0 unspecified atom stereocenters. The molecule has 1 aliphatic rings. The minimum Gasteiger partial charge on any atom is -0.381 e. The van der Waals surface area contributed by atoms with Gasteiger partial charge < -0.3 is 15.0 Å². The van der Waals surface area contributed by atoms with Crippen molar-refractivity contribution in [3.05, 3.63) is 11.2 Å². The molecule has 0 aliphatic carbocycles. The van der Waals surface area contributed by atoms with Crippen LogP contribution in [0.25, 0.3) is 11.6 Å². The molecule has 90 valence electrons. The highest BCUT2D eigenvalue weighted by atomic mass is 32.1. The van der Waals surface area contributed by atoms with Gasteiger partial charge >= 0.3 is 0 Å². The van der Waals surface area contributed by atoms with E-state index in [4.69, 9.17) is 15.0 Å². The van der Waals surface area contributed by atoms with Crippen molar-refractivity contribution in [1.82, 2.24) is 15.1 Å². The van der Waals surface area contributed by atoms with Gasteiger partial charge in [-0.15, -0.1) is 11.3 Å². The van der Waals surface area contributed by atoms with Gasteiger partial charge in [0.15, 0.2) is 11.0 Å². The second kappa shape index (κ2) is 4.42. The van der Waals surface area contributed by atoms with Crippen molar-refractivity contribution in [2.75, 3.05) is 18.9 Å². The van der Waals surface area contributed by atoms with E-state index in [0.29, 0.717) is 22.6 Å². The van der Waals surface area contributed by atoms with E-state index in [1.807, 2.05) is 5.38 Å². The molecule has 17 heavy (non-hydrogen) atoms. The molecule has 0 atom stereocenters. The lowest BCUT2D eigenvalue weighted by molar-refractivity contribution is 0.0830. The Morgan fingerprint density at radius 2 is 2.12 bits per heavy atom. The van der Waals surface area contributed by atoms with E-state index < -0.39 is 0 Å². The van der Waals surface area contributed by atoms with Crippen molar-refractivity contribution in [3.63, 3.8) is 0 Å². The summed E-state index contributed by atoms with van der Waals surface area (Å²) in [4.78, 5) is 8.49. The summed E-state index contributed by atoms with van der Waals surface area (Å²) in [5, 5.41) is 6.33. The maximum atomic E-state index is 5.57. The van der Waals surface area contributed by atoms with Crippen LogP contribution in [0.2, 0.25) is 0 Å². The molecule has 3 rings (SSSR count). The lowest BCUT2D eigenvalue weighted by atomic mass is 10.00. The second-order valence-electron chi connectivity index (χ2n) is 3.92. The third kappa shape index (κ3) is 2.16. The Labute approximate surface area is 102 Å². The molecule has 1 fully saturated rings. The molecule has 0 aromatic carbocycles. The SMILES string of the molecule is Nc1nc(-c2nc(C3CCOCC3)no2)cs1. The number of nitrogens with zero attached hydrogens (tertiary/aromatic N) is 3. The van der Waals surface area contributed by atoms with Gasteiger partial charge in [0.1, 0.15) is 5.69 Å². The molecule has 6 nitrogen and oxygen atoms in total. The van der Waals surface area contributed by atoms with E-state index in [1.54, 1.807) is 0 Å². The summed E-state index contributed by atoms with van der Waals surface area (Å²) in [6, 6.07) is 0. The van der Waals surface area contributed by atoms with Crippen molar-refractivity contribution in [1.29, 1.82) is 0 Å². The van der Waals surface area contributed by atoms with Gasteiger partial charge in [0, 0.05) is 24.5 Å². The molecular weight excluding hydrogens is 240 g/mol. The summed E-state index contributed by atoms with van der Waals surface area (Å²) in [7, 11) is 0. The smallest absolute Gasteiger partial charge is 0.277 e. The number of nitrogen functional groups attached to an aromatic ring is 1. The topological polar surface area (TPSA) is 87.1 Å². The summed E-state index contributed by atoms with van der Waals surface area (Å²) in [5.41, 5.74) is 6.22. The average Bonchev–Trinajstić information content (AvgIpc) is 2.98. The fourth-order valence-corrected chi connectivity index (χ4v) is 2.38. The fraction of sp³-hybridized carbons (Fsp3) is 0.500. The molecule has 2 aromatic rings. The van der Waals surface area contributed by atoms with Crippen LogP contribution in [-0.4, -0.2) is 28.3 Å². The fourth-order valence-electron chi connectivity index (χ4n) is 1.85. The van der Waals surface area contributed by atoms with Crippen LogP contribution < -0.4 is 5.73 Å². The molecule has 0 spiro atoms. The first kappa shape index (κ1) is 10.7. The van der Waals surface area contributed by atoms with Gasteiger partial charge in [-0.25, -0.2) is 4.98 Å². The Morgan fingerprint density at radius 3 is 2.82 bits per heavy atom. The lowest BCUT2D eigenvalue weighted by Gasteiger charge is -2.18. The van der Waals surface area contributed by atoms with E-state index in [1.165, 1.54) is 11.3 Å². The highest BCUT2D eigenvalue weighted by Crippen LogP contribution is 2.27. The number of rotatable bonds is 2. The van der Waals surface area contributed by atoms with Gasteiger partial charge in [0.2, 0.25) is 0 Å². The molecule has 7 heteroatoms. The predicted molar refractivity (Wildman–Crippen MR) is 62.6 cm³/mol. The number of nitrogens with two attached hydrogens (primary N) is 1. The van der Waals surface area contributed by atoms with Crippen LogP contribution in [0.3, 0.4) is 0 Å². The first-order valence-corrected chi connectivity index (χ1v) is 6.33. The van der Waals surface area contributed by atoms with Gasteiger partial charge in [-0.2, -0.15) is 4.98 Å². The normalized spacial score (nSPS) is 17.4. The van der Waals surface area contributed by atoms with E-state index in [2.05, 4.69) is 15.1 Å². The first-order valence-electron chi connectivity index (χ1n) is 5.45. The zero-order chi connectivity index (χ0) is 11.7. The molecule has 0 amide bonds. The third-order valence-corrected chi connectivity index (χ3v) is 3.44. The molecule has 3 heterocycles. The van der Waals surface area contributed by atoms with Crippen molar-refractivity contribution < 1.29 is 9.26 Å². The van der Waals surface area contributed by atoms with Gasteiger partial charge in [0.25, 0.3) is 5.89 Å². The van der Waals surface area contributed by atoms with Crippen LogP contribution in [0.4, 0.5) is 5.13 Å². The van der Waals surface area contributed by atoms with Crippen LogP contribution in [-0.2, 0) is 4.74 Å². The Hall–Kier alpha value is -1.47. The summed E-state index contributed by atoms with van der Waals surface area (Å²) in [6.45, 7) is 1.52. The van der Waals surface area contributed by atoms with Crippen molar-refractivity contribution in [3.8, 4) is 11.6 Å². The standard InChI is InChI=1S/C10H12N4O2S/c11-10-12-7(5-17-10)9-13-8(14-16-9)6-1-3-15-4-2-6/h5-6H,1-4H2,(H2,11,12). The van der Waals surface area contributed by atoms with E-state index >= 15 is 0 Å².